The standard InChI is InChI=1S/C20H24N4O2S/c1-13-14(2)16(4)20(17(5)15(13)3)27(25,26)23-19-9-7-6-8-18(19)10-24-12-21-11-22-24/h6-9,11-12,23H,10H2,1-5H3. The third-order valence-corrected chi connectivity index (χ3v) is 6.90. The monoisotopic (exact) mass is 384 g/mol. The number of hydrogen-bond acceptors (Lipinski definition) is 4. The van der Waals surface area contributed by atoms with Crippen LogP contribution in [0.4, 0.5) is 5.69 Å². The van der Waals surface area contributed by atoms with Crippen molar-refractivity contribution < 1.29 is 8.42 Å². The van der Waals surface area contributed by atoms with Crippen LogP contribution in [0.2, 0.25) is 0 Å². The summed E-state index contributed by atoms with van der Waals surface area (Å²) in [5.74, 6) is 0. The van der Waals surface area contributed by atoms with E-state index in [4.69, 9.17) is 0 Å². The van der Waals surface area contributed by atoms with E-state index in [9.17, 15) is 8.42 Å². The maximum Gasteiger partial charge on any atom is 0.262 e. The highest BCUT2D eigenvalue weighted by Crippen LogP contribution is 2.31. The molecule has 0 bridgehead atoms. The first-order chi connectivity index (χ1) is 12.7. The fourth-order valence-electron chi connectivity index (χ4n) is 3.31. The smallest absolute Gasteiger partial charge is 0.262 e. The van der Waals surface area contributed by atoms with Crippen LogP contribution in [0.15, 0.2) is 41.8 Å². The highest BCUT2D eigenvalue weighted by atomic mass is 32.2. The molecule has 1 heterocycles. The normalized spacial score (nSPS) is 11.6. The van der Waals surface area contributed by atoms with Crippen LogP contribution < -0.4 is 4.72 Å². The Morgan fingerprint density at radius 1 is 0.926 bits per heavy atom. The zero-order chi connectivity index (χ0) is 19.8. The maximum absolute atomic E-state index is 13.3. The summed E-state index contributed by atoms with van der Waals surface area (Å²) >= 11 is 0. The van der Waals surface area contributed by atoms with E-state index >= 15 is 0 Å². The molecular weight excluding hydrogens is 360 g/mol. The summed E-state index contributed by atoms with van der Waals surface area (Å²) in [4.78, 5) is 4.29. The molecule has 0 radical (unpaired) electrons. The highest BCUT2D eigenvalue weighted by Gasteiger charge is 2.24. The molecule has 0 aliphatic rings. The second-order valence-corrected chi connectivity index (χ2v) is 8.43. The Hall–Kier alpha value is -2.67. The first-order valence-corrected chi connectivity index (χ1v) is 10.2. The average Bonchev–Trinajstić information content (AvgIpc) is 3.13. The van der Waals surface area contributed by atoms with E-state index < -0.39 is 10.0 Å². The van der Waals surface area contributed by atoms with Crippen molar-refractivity contribution in [1.29, 1.82) is 0 Å². The predicted octanol–water partition coefficient (Wildman–Crippen LogP) is 3.67. The molecule has 2 aromatic carbocycles. The van der Waals surface area contributed by atoms with Gasteiger partial charge < -0.3 is 0 Å². The van der Waals surface area contributed by atoms with Crippen LogP contribution in [0.5, 0.6) is 0 Å². The fourth-order valence-corrected chi connectivity index (χ4v) is 5.01. The Bertz CT molecular complexity index is 1060. The van der Waals surface area contributed by atoms with Gasteiger partial charge in [-0.2, -0.15) is 5.10 Å². The van der Waals surface area contributed by atoms with Crippen molar-refractivity contribution in [2.24, 2.45) is 0 Å². The lowest BCUT2D eigenvalue weighted by Crippen LogP contribution is -2.19. The summed E-state index contributed by atoms with van der Waals surface area (Å²) in [6.45, 7) is 10.1. The summed E-state index contributed by atoms with van der Waals surface area (Å²) in [5, 5.41) is 4.10. The van der Waals surface area contributed by atoms with Gasteiger partial charge in [0.15, 0.2) is 0 Å². The van der Waals surface area contributed by atoms with Crippen molar-refractivity contribution in [3.8, 4) is 0 Å². The van der Waals surface area contributed by atoms with Crippen molar-refractivity contribution in [2.75, 3.05) is 4.72 Å². The van der Waals surface area contributed by atoms with Crippen molar-refractivity contribution in [3.05, 3.63) is 70.3 Å². The molecular formula is C20H24N4O2S. The number of aromatic nitrogens is 3. The molecule has 0 fully saturated rings. The Kier molecular flexibility index (Phi) is 5.06. The summed E-state index contributed by atoms with van der Waals surface area (Å²) < 4.78 is 31.0. The summed E-state index contributed by atoms with van der Waals surface area (Å²) in [6, 6.07) is 7.34. The Morgan fingerprint density at radius 2 is 1.52 bits per heavy atom. The first kappa shape index (κ1) is 19.1. The predicted molar refractivity (Wildman–Crippen MR) is 107 cm³/mol. The van der Waals surface area contributed by atoms with Crippen LogP contribution >= 0.6 is 0 Å². The van der Waals surface area contributed by atoms with Gasteiger partial charge in [-0.15, -0.1) is 0 Å². The van der Waals surface area contributed by atoms with Crippen molar-refractivity contribution >= 4 is 15.7 Å². The van der Waals surface area contributed by atoms with Gasteiger partial charge in [0.05, 0.1) is 17.1 Å². The minimum atomic E-state index is -3.73. The van der Waals surface area contributed by atoms with Crippen molar-refractivity contribution in [2.45, 2.75) is 46.1 Å². The van der Waals surface area contributed by atoms with Gasteiger partial charge in [-0.25, -0.2) is 18.1 Å². The number of rotatable bonds is 5. The van der Waals surface area contributed by atoms with Crippen molar-refractivity contribution in [3.63, 3.8) is 0 Å². The van der Waals surface area contributed by atoms with Crippen LogP contribution in [0.3, 0.4) is 0 Å². The molecule has 7 heteroatoms. The molecule has 6 nitrogen and oxygen atoms in total. The lowest BCUT2D eigenvalue weighted by atomic mass is 9.95. The second kappa shape index (κ2) is 7.15. The van der Waals surface area contributed by atoms with E-state index in [0.29, 0.717) is 17.1 Å². The van der Waals surface area contributed by atoms with Crippen molar-refractivity contribution in [1.82, 2.24) is 14.8 Å². The van der Waals surface area contributed by atoms with E-state index in [0.717, 1.165) is 33.4 Å². The minimum absolute atomic E-state index is 0.360. The third kappa shape index (κ3) is 3.60. The Morgan fingerprint density at radius 3 is 2.11 bits per heavy atom. The molecule has 0 aliphatic carbocycles. The molecule has 1 N–H and O–H groups in total. The Labute approximate surface area is 160 Å². The largest absolute Gasteiger partial charge is 0.279 e. The van der Waals surface area contributed by atoms with Gasteiger partial charge in [-0.1, -0.05) is 18.2 Å². The molecule has 0 saturated heterocycles. The highest BCUT2D eigenvalue weighted by molar-refractivity contribution is 7.92. The second-order valence-electron chi connectivity index (χ2n) is 6.81. The summed E-state index contributed by atoms with van der Waals surface area (Å²) in [5.41, 5.74) is 6.10. The van der Waals surface area contributed by atoms with E-state index in [1.807, 2.05) is 52.8 Å². The lowest BCUT2D eigenvalue weighted by Gasteiger charge is -2.20. The van der Waals surface area contributed by atoms with E-state index in [-0.39, 0.29) is 0 Å². The van der Waals surface area contributed by atoms with Crippen LogP contribution in [0.25, 0.3) is 0 Å². The van der Waals surface area contributed by atoms with E-state index in [1.165, 1.54) is 6.33 Å². The Balaban J connectivity index is 2.05. The van der Waals surface area contributed by atoms with Crippen LogP contribution in [-0.2, 0) is 16.6 Å². The zero-order valence-corrected chi connectivity index (χ0v) is 17.1. The van der Waals surface area contributed by atoms with Gasteiger partial charge in [0.1, 0.15) is 12.7 Å². The van der Waals surface area contributed by atoms with Gasteiger partial charge in [-0.05, 0) is 74.1 Å². The van der Waals surface area contributed by atoms with Gasteiger partial charge >= 0.3 is 0 Å². The summed E-state index contributed by atoms with van der Waals surface area (Å²) in [7, 11) is -3.73. The first-order valence-electron chi connectivity index (χ1n) is 8.72. The molecule has 0 aliphatic heterocycles. The minimum Gasteiger partial charge on any atom is -0.279 e. The molecule has 142 valence electrons. The third-order valence-electron chi connectivity index (χ3n) is 5.26. The van der Waals surface area contributed by atoms with E-state index in [1.54, 1.807) is 17.1 Å². The summed E-state index contributed by atoms with van der Waals surface area (Å²) in [6.07, 6.45) is 3.06. The SMILES string of the molecule is Cc1c(C)c(C)c(S(=O)(=O)Nc2ccccc2Cn2cncn2)c(C)c1C. The van der Waals surface area contributed by atoms with Gasteiger partial charge in [0, 0.05) is 0 Å². The molecule has 0 atom stereocenters. The van der Waals surface area contributed by atoms with E-state index in [2.05, 4.69) is 14.8 Å². The van der Waals surface area contributed by atoms with Gasteiger partial charge in [0.2, 0.25) is 0 Å². The number of hydrogen-bond donors (Lipinski definition) is 1. The molecule has 0 unspecified atom stereocenters. The zero-order valence-electron chi connectivity index (χ0n) is 16.2. The number of anilines is 1. The van der Waals surface area contributed by atoms with Crippen LogP contribution in [0, 0.1) is 34.6 Å². The quantitative estimate of drug-likeness (QED) is 0.728. The molecule has 3 rings (SSSR count). The lowest BCUT2D eigenvalue weighted by molar-refractivity contribution is 0.599. The number of sulfonamides is 1. The van der Waals surface area contributed by atoms with Gasteiger partial charge in [0.25, 0.3) is 10.0 Å². The van der Waals surface area contributed by atoms with Crippen LogP contribution in [-0.4, -0.2) is 23.2 Å². The fraction of sp³-hybridized carbons (Fsp3) is 0.300. The molecule has 3 aromatic rings. The van der Waals surface area contributed by atoms with Gasteiger partial charge in [-0.3, -0.25) is 4.72 Å². The number of para-hydroxylation sites is 1. The average molecular weight is 385 g/mol. The topological polar surface area (TPSA) is 76.9 Å². The molecule has 1 aromatic heterocycles. The number of nitrogens with one attached hydrogen (secondary N) is 1. The molecule has 0 spiro atoms. The van der Waals surface area contributed by atoms with Crippen LogP contribution in [0.1, 0.15) is 33.4 Å². The molecule has 0 amide bonds. The number of benzene rings is 2. The molecule has 0 saturated carbocycles. The molecule has 27 heavy (non-hydrogen) atoms. The number of nitrogens with zero attached hydrogens (tertiary/aromatic N) is 3. The maximum atomic E-state index is 13.3.